The predicted molar refractivity (Wildman–Crippen MR) is 130 cm³/mol. The summed E-state index contributed by atoms with van der Waals surface area (Å²) >= 11 is 0.862. The van der Waals surface area contributed by atoms with Crippen molar-refractivity contribution in [1.82, 2.24) is 13.9 Å². The number of sulfonamides is 1. The summed E-state index contributed by atoms with van der Waals surface area (Å²) < 4.78 is 99.4. The zero-order valence-electron chi connectivity index (χ0n) is 20.1. The lowest BCUT2D eigenvalue weighted by Crippen LogP contribution is -2.39. The van der Waals surface area contributed by atoms with E-state index < -0.39 is 50.4 Å². The van der Waals surface area contributed by atoms with E-state index in [9.17, 15) is 30.4 Å². The van der Waals surface area contributed by atoms with Gasteiger partial charge in [0, 0.05) is 30.4 Å². The number of aromatic nitrogens is 2. The van der Waals surface area contributed by atoms with Gasteiger partial charge in [-0.2, -0.15) is 4.31 Å². The van der Waals surface area contributed by atoms with Gasteiger partial charge in [-0.25, -0.2) is 35.4 Å². The molecule has 2 fully saturated rings. The second-order valence-corrected chi connectivity index (χ2v) is 12.7. The monoisotopic (exact) mass is 559 g/mol. The highest BCUT2D eigenvalue weighted by atomic mass is 32.2. The van der Waals surface area contributed by atoms with Crippen LogP contribution >= 0.6 is 11.8 Å². The molecule has 1 saturated heterocycles. The third-order valence-corrected chi connectivity index (χ3v) is 10.1. The maximum absolute atomic E-state index is 14.3. The molecule has 0 bridgehead atoms. The summed E-state index contributed by atoms with van der Waals surface area (Å²) in [6, 6.07) is 4.76. The lowest BCUT2D eigenvalue weighted by molar-refractivity contribution is 0.281. The summed E-state index contributed by atoms with van der Waals surface area (Å²) in [5.74, 6) is -10.2. The van der Waals surface area contributed by atoms with E-state index >= 15 is 0 Å². The zero-order chi connectivity index (χ0) is 26.5. The van der Waals surface area contributed by atoms with E-state index in [1.165, 1.54) is 10.4 Å². The van der Waals surface area contributed by atoms with Crippen molar-refractivity contribution in [2.45, 2.75) is 67.3 Å². The molecule has 1 aliphatic carbocycles. The van der Waals surface area contributed by atoms with Crippen molar-refractivity contribution in [3.63, 3.8) is 0 Å². The van der Waals surface area contributed by atoms with Gasteiger partial charge in [-0.3, -0.25) is 0 Å². The highest BCUT2D eigenvalue weighted by Gasteiger charge is 2.31. The first-order valence-electron chi connectivity index (χ1n) is 12.2. The second kappa shape index (κ2) is 10.2. The first kappa shape index (κ1) is 26.4. The molecule has 37 heavy (non-hydrogen) atoms. The van der Waals surface area contributed by atoms with Crippen LogP contribution in [0.1, 0.15) is 57.1 Å². The number of nitrogens with zero attached hydrogens (tertiary/aromatic N) is 3. The van der Waals surface area contributed by atoms with Crippen molar-refractivity contribution in [1.29, 1.82) is 0 Å². The summed E-state index contributed by atoms with van der Waals surface area (Å²) in [7, 11) is -3.73. The first-order chi connectivity index (χ1) is 17.6. The first-order valence-corrected chi connectivity index (χ1v) is 14.7. The Morgan fingerprint density at radius 2 is 1.59 bits per heavy atom. The van der Waals surface area contributed by atoms with Crippen molar-refractivity contribution in [2.24, 2.45) is 5.92 Å². The minimum Gasteiger partial charge on any atom is -0.316 e. The van der Waals surface area contributed by atoms with Crippen molar-refractivity contribution < 1.29 is 30.4 Å². The van der Waals surface area contributed by atoms with Gasteiger partial charge in [0.1, 0.15) is 0 Å². The van der Waals surface area contributed by atoms with Gasteiger partial charge < -0.3 is 4.57 Å². The number of fused-ring (bicyclic) bond motifs is 1. The van der Waals surface area contributed by atoms with Gasteiger partial charge in [0.05, 0.1) is 15.9 Å². The average Bonchev–Trinajstić information content (AvgIpc) is 3.53. The van der Waals surface area contributed by atoms with Gasteiger partial charge in [0.2, 0.25) is 15.8 Å². The molecule has 3 aromatic rings. The fraction of sp³-hybridized carbons (Fsp3) is 0.480. The molecule has 1 aromatic heterocycles. The number of thioether (sulfide) groups is 1. The van der Waals surface area contributed by atoms with Crippen LogP contribution in [0.5, 0.6) is 0 Å². The molecule has 1 aliphatic heterocycles. The standard InChI is InChI=1S/C25H26F5N3O2S2/c1-14-5-4-10-32(12-14)37(34,35)16-8-9-19-18(11-16)31-25(33(19)15-6-2-3-7-15)36-13-17-20(26)22(28)24(30)23(29)21(17)27/h8-9,11,14-15H,2-7,10,12-13H2,1H3/t14-/m0/s1. The molecule has 1 atom stereocenters. The Morgan fingerprint density at radius 3 is 2.24 bits per heavy atom. The Morgan fingerprint density at radius 1 is 0.946 bits per heavy atom. The molecule has 2 aliphatic rings. The summed E-state index contributed by atoms with van der Waals surface area (Å²) in [5.41, 5.74) is 0.143. The molecule has 1 saturated carbocycles. The molecule has 5 rings (SSSR count). The largest absolute Gasteiger partial charge is 0.316 e. The summed E-state index contributed by atoms with van der Waals surface area (Å²) in [6.45, 7) is 2.91. The van der Waals surface area contributed by atoms with Gasteiger partial charge in [-0.15, -0.1) is 0 Å². The van der Waals surface area contributed by atoms with Crippen molar-refractivity contribution in [3.05, 3.63) is 52.8 Å². The lowest BCUT2D eigenvalue weighted by Gasteiger charge is -2.30. The van der Waals surface area contributed by atoms with Gasteiger partial charge in [-0.05, 0) is 49.8 Å². The van der Waals surface area contributed by atoms with Gasteiger partial charge in [0.25, 0.3) is 0 Å². The van der Waals surface area contributed by atoms with Crippen LogP contribution in [-0.4, -0.2) is 35.4 Å². The number of benzene rings is 2. The van der Waals surface area contributed by atoms with Gasteiger partial charge in [-0.1, -0.05) is 31.5 Å². The fourth-order valence-electron chi connectivity index (χ4n) is 5.26. The average molecular weight is 560 g/mol. The van der Waals surface area contributed by atoms with Crippen LogP contribution in [0.15, 0.2) is 28.3 Å². The Balaban J connectivity index is 1.52. The van der Waals surface area contributed by atoms with E-state index in [-0.39, 0.29) is 16.9 Å². The van der Waals surface area contributed by atoms with E-state index in [4.69, 9.17) is 0 Å². The van der Waals surface area contributed by atoms with E-state index in [0.29, 0.717) is 29.3 Å². The highest BCUT2D eigenvalue weighted by molar-refractivity contribution is 7.98. The van der Waals surface area contributed by atoms with Gasteiger partial charge in [0.15, 0.2) is 28.4 Å². The molecule has 2 aromatic carbocycles. The van der Waals surface area contributed by atoms with Crippen LogP contribution < -0.4 is 0 Å². The molecule has 0 radical (unpaired) electrons. The molecular weight excluding hydrogens is 533 g/mol. The molecule has 12 heteroatoms. The molecule has 0 amide bonds. The van der Waals surface area contributed by atoms with Crippen LogP contribution in [0, 0.1) is 35.0 Å². The van der Waals surface area contributed by atoms with E-state index in [1.54, 1.807) is 12.1 Å². The van der Waals surface area contributed by atoms with E-state index in [2.05, 4.69) is 4.98 Å². The molecular formula is C25H26F5N3O2S2. The molecule has 200 valence electrons. The van der Waals surface area contributed by atoms with E-state index in [0.717, 1.165) is 50.3 Å². The third kappa shape index (κ3) is 4.76. The van der Waals surface area contributed by atoms with Crippen LogP contribution in [-0.2, 0) is 15.8 Å². The zero-order valence-corrected chi connectivity index (χ0v) is 21.7. The number of hydrogen-bond donors (Lipinski definition) is 0. The van der Waals surface area contributed by atoms with Crippen molar-refractivity contribution in [3.8, 4) is 0 Å². The number of imidazole rings is 1. The number of hydrogen-bond acceptors (Lipinski definition) is 4. The van der Waals surface area contributed by atoms with Crippen LogP contribution in [0.2, 0.25) is 0 Å². The van der Waals surface area contributed by atoms with Crippen molar-refractivity contribution in [2.75, 3.05) is 13.1 Å². The van der Waals surface area contributed by atoms with E-state index in [1.807, 2.05) is 11.5 Å². The normalized spacial score (nSPS) is 19.8. The topological polar surface area (TPSA) is 55.2 Å². The molecule has 0 spiro atoms. The van der Waals surface area contributed by atoms with Crippen LogP contribution in [0.25, 0.3) is 11.0 Å². The quantitative estimate of drug-likeness (QED) is 0.149. The minimum absolute atomic E-state index is 0.0364. The maximum Gasteiger partial charge on any atom is 0.243 e. The van der Waals surface area contributed by atoms with Crippen LogP contribution in [0.4, 0.5) is 22.0 Å². The number of rotatable bonds is 6. The Kier molecular flexibility index (Phi) is 7.27. The molecule has 5 nitrogen and oxygen atoms in total. The molecule has 0 N–H and O–H groups in total. The molecule has 0 unspecified atom stereocenters. The second-order valence-electron chi connectivity index (χ2n) is 9.80. The highest BCUT2D eigenvalue weighted by Crippen LogP contribution is 2.39. The number of piperidine rings is 1. The molecule has 2 heterocycles. The van der Waals surface area contributed by atoms with Gasteiger partial charge >= 0.3 is 0 Å². The summed E-state index contributed by atoms with van der Waals surface area (Å²) in [5, 5.41) is 0.340. The third-order valence-electron chi connectivity index (χ3n) is 7.22. The van der Waals surface area contributed by atoms with Crippen LogP contribution in [0.3, 0.4) is 0 Å². The van der Waals surface area contributed by atoms with Crippen molar-refractivity contribution >= 4 is 32.8 Å². The number of halogens is 5. The minimum atomic E-state index is -3.73. The maximum atomic E-state index is 14.3. The fourth-order valence-corrected chi connectivity index (χ4v) is 7.96. The smallest absolute Gasteiger partial charge is 0.243 e. The summed E-state index contributed by atoms with van der Waals surface area (Å²) in [4.78, 5) is 4.68. The predicted octanol–water partition coefficient (Wildman–Crippen LogP) is 6.56. The summed E-state index contributed by atoms with van der Waals surface area (Å²) in [6.07, 6.45) is 5.40. The SMILES string of the molecule is C[C@H]1CCCN(S(=O)(=O)c2ccc3c(c2)nc(SCc2c(F)c(F)c(F)c(F)c2F)n3C2CCCC2)C1. The Bertz CT molecular complexity index is 1430. The lowest BCUT2D eigenvalue weighted by atomic mass is 10.0. The Hall–Kier alpha value is -2.18. The Labute approximate surface area is 216 Å².